The van der Waals surface area contributed by atoms with Gasteiger partial charge in [0.1, 0.15) is 11.6 Å². The van der Waals surface area contributed by atoms with Gasteiger partial charge in [0.15, 0.2) is 5.11 Å². The molecule has 0 atom stereocenters. The fourth-order valence-electron chi connectivity index (χ4n) is 1.74. The molecule has 0 spiro atoms. The fourth-order valence-corrected chi connectivity index (χ4v) is 3.23. The largest absolute Gasteiger partial charge is 0.494 e. The third kappa shape index (κ3) is 4.66. The lowest BCUT2D eigenvalue weighted by molar-refractivity contribution is 0.340. The third-order valence-electron chi connectivity index (χ3n) is 2.67. The molecule has 0 bridgehead atoms. The lowest BCUT2D eigenvalue weighted by Gasteiger charge is -2.13. The Morgan fingerprint density at radius 2 is 1.86 bits per heavy atom. The molecule has 3 nitrogen and oxygen atoms in total. The highest BCUT2D eigenvalue weighted by Crippen LogP contribution is 2.29. The second-order valence-corrected chi connectivity index (χ2v) is 6.46. The molecule has 0 unspecified atom stereocenters. The molecule has 2 aromatic rings. The fraction of sp³-hybridized carbons (Fsp3) is 0.133. The van der Waals surface area contributed by atoms with E-state index in [-0.39, 0.29) is 5.69 Å². The lowest BCUT2D eigenvalue weighted by Crippen LogP contribution is -2.20. The highest BCUT2D eigenvalue weighted by Gasteiger charge is 2.10. The molecule has 7 heteroatoms. The van der Waals surface area contributed by atoms with E-state index in [1.54, 1.807) is 6.07 Å². The van der Waals surface area contributed by atoms with E-state index in [1.807, 2.05) is 31.2 Å². The summed E-state index contributed by atoms with van der Waals surface area (Å²) in [6, 6.07) is 10.5. The summed E-state index contributed by atoms with van der Waals surface area (Å²) in [6.07, 6.45) is 0. The van der Waals surface area contributed by atoms with Crippen LogP contribution in [-0.4, -0.2) is 11.7 Å². The predicted octanol–water partition coefficient (Wildman–Crippen LogP) is 5.56. The molecular formula is C15H13Br2FN2OS. The first kappa shape index (κ1) is 17.2. The van der Waals surface area contributed by atoms with Crippen LogP contribution in [-0.2, 0) is 0 Å². The van der Waals surface area contributed by atoms with Crippen molar-refractivity contribution >= 4 is 60.6 Å². The maximum absolute atomic E-state index is 13.9. The minimum atomic E-state index is -0.405. The zero-order valence-electron chi connectivity index (χ0n) is 11.6. The number of nitrogens with one attached hydrogen (secondary N) is 2. The van der Waals surface area contributed by atoms with Gasteiger partial charge in [-0.1, -0.05) is 15.9 Å². The maximum atomic E-state index is 13.9. The molecule has 0 saturated heterocycles. The van der Waals surface area contributed by atoms with Crippen LogP contribution in [0.1, 0.15) is 6.92 Å². The van der Waals surface area contributed by atoms with Crippen LogP contribution in [0.3, 0.4) is 0 Å². The molecule has 0 radical (unpaired) electrons. The van der Waals surface area contributed by atoms with Crippen molar-refractivity contribution in [3.8, 4) is 5.75 Å². The molecule has 0 heterocycles. The topological polar surface area (TPSA) is 33.3 Å². The first-order valence-corrected chi connectivity index (χ1v) is 8.44. The predicted molar refractivity (Wildman–Crippen MR) is 99.3 cm³/mol. The van der Waals surface area contributed by atoms with E-state index in [2.05, 4.69) is 42.5 Å². The van der Waals surface area contributed by atoms with E-state index in [9.17, 15) is 4.39 Å². The van der Waals surface area contributed by atoms with Crippen LogP contribution < -0.4 is 15.4 Å². The average molecular weight is 448 g/mol. The van der Waals surface area contributed by atoms with Crippen molar-refractivity contribution in [3.05, 3.63) is 51.2 Å². The molecule has 2 rings (SSSR count). The number of halogens is 3. The van der Waals surface area contributed by atoms with Crippen molar-refractivity contribution in [1.82, 2.24) is 0 Å². The van der Waals surface area contributed by atoms with E-state index in [0.29, 0.717) is 20.7 Å². The van der Waals surface area contributed by atoms with Gasteiger partial charge in [-0.3, -0.25) is 0 Å². The van der Waals surface area contributed by atoms with Crippen molar-refractivity contribution in [3.63, 3.8) is 0 Å². The van der Waals surface area contributed by atoms with Gasteiger partial charge in [0, 0.05) is 14.6 Å². The Morgan fingerprint density at radius 1 is 1.18 bits per heavy atom. The Hall–Kier alpha value is -1.18. The van der Waals surface area contributed by atoms with Gasteiger partial charge in [-0.2, -0.15) is 0 Å². The Kier molecular flexibility index (Phi) is 6.16. The summed E-state index contributed by atoms with van der Waals surface area (Å²) in [4.78, 5) is 0. The van der Waals surface area contributed by atoms with Gasteiger partial charge in [-0.25, -0.2) is 4.39 Å². The first-order valence-electron chi connectivity index (χ1n) is 6.45. The van der Waals surface area contributed by atoms with E-state index >= 15 is 0 Å². The third-order valence-corrected chi connectivity index (χ3v) is 3.96. The van der Waals surface area contributed by atoms with E-state index in [0.717, 1.165) is 11.4 Å². The molecule has 0 amide bonds. The zero-order chi connectivity index (χ0) is 16.1. The molecular weight excluding hydrogens is 435 g/mol. The summed E-state index contributed by atoms with van der Waals surface area (Å²) < 4.78 is 20.5. The van der Waals surface area contributed by atoms with Crippen LogP contribution in [0.5, 0.6) is 5.75 Å². The van der Waals surface area contributed by atoms with Crippen LogP contribution in [0.25, 0.3) is 0 Å². The van der Waals surface area contributed by atoms with E-state index in [4.69, 9.17) is 17.0 Å². The number of hydrogen-bond acceptors (Lipinski definition) is 2. The summed E-state index contributed by atoms with van der Waals surface area (Å²) in [5.74, 6) is 0.380. The highest BCUT2D eigenvalue weighted by atomic mass is 79.9. The summed E-state index contributed by atoms with van der Waals surface area (Å²) in [5, 5.41) is 6.13. The second-order valence-electron chi connectivity index (χ2n) is 4.28. The molecule has 0 aliphatic carbocycles. The van der Waals surface area contributed by atoms with Gasteiger partial charge in [-0.05, 0) is 71.5 Å². The molecule has 0 saturated carbocycles. The van der Waals surface area contributed by atoms with E-state index in [1.165, 1.54) is 6.07 Å². The maximum Gasteiger partial charge on any atom is 0.175 e. The lowest BCUT2D eigenvalue weighted by atomic mass is 10.3. The van der Waals surface area contributed by atoms with Gasteiger partial charge in [0.25, 0.3) is 0 Å². The molecule has 0 aromatic heterocycles. The molecule has 2 N–H and O–H groups in total. The number of anilines is 2. The van der Waals surface area contributed by atoms with Crippen molar-refractivity contribution < 1.29 is 9.13 Å². The van der Waals surface area contributed by atoms with Gasteiger partial charge >= 0.3 is 0 Å². The summed E-state index contributed by atoms with van der Waals surface area (Å²) in [6.45, 7) is 2.54. The minimum Gasteiger partial charge on any atom is -0.494 e. The molecule has 0 fully saturated rings. The van der Waals surface area contributed by atoms with Crippen molar-refractivity contribution in [2.75, 3.05) is 17.2 Å². The number of benzene rings is 2. The van der Waals surface area contributed by atoms with Gasteiger partial charge in [0.2, 0.25) is 0 Å². The molecule has 22 heavy (non-hydrogen) atoms. The van der Waals surface area contributed by atoms with Crippen LogP contribution in [0.15, 0.2) is 45.3 Å². The molecule has 2 aromatic carbocycles. The smallest absolute Gasteiger partial charge is 0.175 e. The Labute approximate surface area is 150 Å². The molecule has 0 aliphatic heterocycles. The van der Waals surface area contributed by atoms with Crippen LogP contribution in [0.4, 0.5) is 15.8 Å². The van der Waals surface area contributed by atoms with Gasteiger partial charge in [0.05, 0.1) is 12.3 Å². The Balaban J connectivity index is 2.04. The van der Waals surface area contributed by atoms with Crippen LogP contribution in [0, 0.1) is 5.82 Å². The van der Waals surface area contributed by atoms with Crippen molar-refractivity contribution in [1.29, 1.82) is 0 Å². The number of ether oxygens (including phenoxy) is 1. The molecule has 116 valence electrons. The number of rotatable bonds is 4. The standard InChI is InChI=1S/C15H13Br2FN2OS/c1-2-21-11-5-3-10(4-6-11)19-15(22)20-14-12(17)7-9(16)8-13(14)18/h3-8H,2H2,1H3,(H2,19,20,22). The van der Waals surface area contributed by atoms with Gasteiger partial charge in [-0.15, -0.1) is 0 Å². The normalized spacial score (nSPS) is 10.2. The average Bonchev–Trinajstić information content (AvgIpc) is 2.45. The highest BCUT2D eigenvalue weighted by molar-refractivity contribution is 9.11. The zero-order valence-corrected chi connectivity index (χ0v) is 15.6. The van der Waals surface area contributed by atoms with Crippen molar-refractivity contribution in [2.45, 2.75) is 6.92 Å². The Bertz CT molecular complexity index is 657. The first-order chi connectivity index (χ1) is 10.5. The van der Waals surface area contributed by atoms with E-state index < -0.39 is 5.82 Å². The Morgan fingerprint density at radius 3 is 2.45 bits per heavy atom. The van der Waals surface area contributed by atoms with Crippen LogP contribution >= 0.6 is 44.1 Å². The second kappa shape index (κ2) is 7.89. The SMILES string of the molecule is CCOc1ccc(NC(=S)Nc2c(F)cc(Br)cc2Br)cc1. The number of hydrogen-bond donors (Lipinski definition) is 2. The number of thiocarbonyl (C=S) groups is 1. The quantitative estimate of drug-likeness (QED) is 0.601. The van der Waals surface area contributed by atoms with Crippen molar-refractivity contribution in [2.24, 2.45) is 0 Å². The summed E-state index contributed by atoms with van der Waals surface area (Å²) in [7, 11) is 0. The monoisotopic (exact) mass is 446 g/mol. The van der Waals surface area contributed by atoms with Gasteiger partial charge < -0.3 is 15.4 Å². The molecule has 0 aliphatic rings. The van der Waals surface area contributed by atoms with Crippen LogP contribution in [0.2, 0.25) is 0 Å². The minimum absolute atomic E-state index is 0.284. The summed E-state index contributed by atoms with van der Waals surface area (Å²) >= 11 is 11.7. The summed E-state index contributed by atoms with van der Waals surface area (Å²) in [5.41, 5.74) is 1.07.